The van der Waals surface area contributed by atoms with Crippen LogP contribution in [0.5, 0.6) is 11.6 Å². The fourth-order valence-corrected chi connectivity index (χ4v) is 4.17. The number of rotatable bonds is 0. The summed E-state index contributed by atoms with van der Waals surface area (Å²) in [6, 6.07) is 1.43. The molecule has 1 aliphatic carbocycles. The van der Waals surface area contributed by atoms with Crippen LogP contribution in [0.3, 0.4) is 0 Å². The zero-order valence-electron chi connectivity index (χ0n) is 16.2. The average Bonchev–Trinajstić information content (AvgIpc) is 3.11. The first-order valence-electron chi connectivity index (χ1n) is 9.95. The van der Waals surface area contributed by atoms with Crippen molar-refractivity contribution >= 4 is 17.4 Å². The third-order valence-electron chi connectivity index (χ3n) is 5.91. The lowest BCUT2D eigenvalue weighted by molar-refractivity contribution is 0.0672. The molecule has 10 heteroatoms. The minimum Gasteiger partial charge on any atom is -0.486 e. The van der Waals surface area contributed by atoms with Crippen LogP contribution in [0.4, 0.5) is 10.2 Å². The van der Waals surface area contributed by atoms with Gasteiger partial charge in [-0.2, -0.15) is 5.10 Å². The molecule has 0 unspecified atom stereocenters. The molecular weight excluding hydrogens is 391 g/mol. The number of anilines is 1. The molecule has 4 aliphatic rings. The van der Waals surface area contributed by atoms with E-state index in [0.29, 0.717) is 60.2 Å². The molecule has 0 spiro atoms. The first-order valence-corrected chi connectivity index (χ1v) is 9.95. The van der Waals surface area contributed by atoms with Crippen molar-refractivity contribution in [3.05, 3.63) is 41.6 Å². The van der Waals surface area contributed by atoms with Crippen molar-refractivity contribution in [3.63, 3.8) is 0 Å². The van der Waals surface area contributed by atoms with E-state index in [-0.39, 0.29) is 24.1 Å². The molecule has 0 aromatic carbocycles. The molecule has 7 rings (SSSR count). The standard InChI is InChI=1S/C20H19FN6O3/c1-10-9-29-16-8-27-17-15(6-23-27)19(28)24-13-3-14(4-13)30-20-11(2-12(21)5-22-20)7-26(10)18(16)25-17/h2,5-6,8,10,13-14H,3-4,7,9H2,1H3,(H,24,28)/t10-,13?,14?/m1/s1. The van der Waals surface area contributed by atoms with Crippen molar-refractivity contribution in [2.45, 2.75) is 44.5 Å². The summed E-state index contributed by atoms with van der Waals surface area (Å²) in [7, 11) is 0. The van der Waals surface area contributed by atoms with Crippen molar-refractivity contribution in [3.8, 4) is 11.6 Å². The van der Waals surface area contributed by atoms with Gasteiger partial charge < -0.3 is 19.7 Å². The molecule has 1 amide bonds. The van der Waals surface area contributed by atoms with E-state index in [1.807, 2.05) is 11.8 Å². The summed E-state index contributed by atoms with van der Waals surface area (Å²) in [5, 5.41) is 7.29. The minimum absolute atomic E-state index is 0.00164. The van der Waals surface area contributed by atoms with Crippen LogP contribution in [0.2, 0.25) is 0 Å². The highest BCUT2D eigenvalue weighted by Gasteiger charge is 2.35. The summed E-state index contributed by atoms with van der Waals surface area (Å²) in [5.41, 5.74) is 1.51. The van der Waals surface area contributed by atoms with Gasteiger partial charge in [-0.3, -0.25) is 4.79 Å². The van der Waals surface area contributed by atoms with Crippen molar-refractivity contribution < 1.29 is 18.7 Å². The lowest BCUT2D eigenvalue weighted by atomic mass is 9.89. The van der Waals surface area contributed by atoms with Gasteiger partial charge in [0.2, 0.25) is 5.88 Å². The number of pyridine rings is 1. The van der Waals surface area contributed by atoms with Crippen LogP contribution in [-0.4, -0.2) is 50.3 Å². The van der Waals surface area contributed by atoms with Crippen LogP contribution in [0.15, 0.2) is 24.7 Å². The molecule has 1 fully saturated rings. The van der Waals surface area contributed by atoms with E-state index in [1.54, 1.807) is 10.7 Å². The maximum atomic E-state index is 14.0. The Hall–Kier alpha value is -3.43. The maximum Gasteiger partial charge on any atom is 0.256 e. The minimum atomic E-state index is -0.417. The van der Waals surface area contributed by atoms with Gasteiger partial charge >= 0.3 is 0 Å². The highest BCUT2D eigenvalue weighted by Crippen LogP contribution is 2.36. The van der Waals surface area contributed by atoms with Crippen LogP contribution in [0.25, 0.3) is 5.65 Å². The molecule has 6 heterocycles. The number of hydrogen-bond donors (Lipinski definition) is 1. The van der Waals surface area contributed by atoms with Gasteiger partial charge in [0.05, 0.1) is 31.2 Å². The van der Waals surface area contributed by atoms with Gasteiger partial charge in [0, 0.05) is 24.4 Å². The monoisotopic (exact) mass is 410 g/mol. The van der Waals surface area contributed by atoms with Crippen molar-refractivity contribution in [1.82, 2.24) is 24.9 Å². The summed E-state index contributed by atoms with van der Waals surface area (Å²) in [5.74, 6) is 0.912. The summed E-state index contributed by atoms with van der Waals surface area (Å²) >= 11 is 0. The summed E-state index contributed by atoms with van der Waals surface area (Å²) in [4.78, 5) is 23.7. The van der Waals surface area contributed by atoms with Crippen molar-refractivity contribution in [2.24, 2.45) is 0 Å². The second-order valence-corrected chi connectivity index (χ2v) is 8.04. The Morgan fingerprint density at radius 1 is 1.30 bits per heavy atom. The van der Waals surface area contributed by atoms with Gasteiger partial charge in [-0.15, -0.1) is 0 Å². The van der Waals surface area contributed by atoms with Crippen LogP contribution >= 0.6 is 0 Å². The summed E-state index contributed by atoms with van der Waals surface area (Å²) in [6.45, 7) is 2.80. The maximum absolute atomic E-state index is 14.0. The SMILES string of the molecule is C[C@@H]1COc2cn3ncc4c3nc2N1Cc1cc(F)cnc1OC1CC(C1)NC4=O. The lowest BCUT2D eigenvalue weighted by Crippen LogP contribution is -2.49. The third kappa shape index (κ3) is 2.66. The van der Waals surface area contributed by atoms with E-state index in [9.17, 15) is 9.18 Å². The van der Waals surface area contributed by atoms with Crippen molar-refractivity contribution in [2.75, 3.05) is 11.5 Å². The quantitative estimate of drug-likeness (QED) is 0.603. The number of carbonyl (C=O) groups is 1. The molecule has 0 radical (unpaired) electrons. The van der Waals surface area contributed by atoms with Gasteiger partial charge in [-0.05, 0) is 13.0 Å². The van der Waals surface area contributed by atoms with Gasteiger partial charge in [0.1, 0.15) is 24.1 Å². The number of aromatic nitrogens is 4. The number of fused-ring (bicyclic) bond motifs is 1. The second kappa shape index (κ2) is 6.28. The van der Waals surface area contributed by atoms with E-state index in [4.69, 9.17) is 14.5 Å². The Balaban J connectivity index is 1.53. The van der Waals surface area contributed by atoms with E-state index < -0.39 is 5.82 Å². The molecule has 4 bridgehead atoms. The molecule has 3 aromatic rings. The van der Waals surface area contributed by atoms with E-state index in [2.05, 4.69) is 15.4 Å². The number of hydrogen-bond acceptors (Lipinski definition) is 7. The molecule has 1 saturated carbocycles. The number of ether oxygens (including phenoxy) is 2. The normalized spacial score (nSPS) is 24.9. The van der Waals surface area contributed by atoms with Crippen molar-refractivity contribution in [1.29, 1.82) is 0 Å². The Morgan fingerprint density at radius 3 is 3.03 bits per heavy atom. The van der Waals surface area contributed by atoms with Gasteiger partial charge in [-0.25, -0.2) is 18.9 Å². The third-order valence-corrected chi connectivity index (χ3v) is 5.91. The second-order valence-electron chi connectivity index (χ2n) is 8.04. The molecule has 9 nitrogen and oxygen atoms in total. The molecule has 0 saturated heterocycles. The predicted octanol–water partition coefficient (Wildman–Crippen LogP) is 1.70. The fourth-order valence-electron chi connectivity index (χ4n) is 4.17. The summed E-state index contributed by atoms with van der Waals surface area (Å²) in [6.07, 6.45) is 5.66. The van der Waals surface area contributed by atoms with E-state index in [1.165, 1.54) is 12.3 Å². The molecule has 30 heavy (non-hydrogen) atoms. The number of nitrogens with zero attached hydrogens (tertiary/aromatic N) is 5. The number of carbonyl (C=O) groups excluding carboxylic acids is 1. The molecule has 3 aliphatic heterocycles. The van der Waals surface area contributed by atoms with Gasteiger partial charge in [-0.1, -0.05) is 0 Å². The smallest absolute Gasteiger partial charge is 0.256 e. The average molecular weight is 410 g/mol. The zero-order chi connectivity index (χ0) is 20.4. The molecule has 1 atom stereocenters. The Labute approximate surface area is 170 Å². The highest BCUT2D eigenvalue weighted by atomic mass is 19.1. The van der Waals surface area contributed by atoms with Crippen LogP contribution in [-0.2, 0) is 6.54 Å². The molecule has 1 N–H and O–H groups in total. The van der Waals surface area contributed by atoms with Crippen LogP contribution < -0.4 is 19.7 Å². The fraction of sp³-hybridized carbons (Fsp3) is 0.400. The molecule has 154 valence electrons. The number of nitrogens with one attached hydrogen (secondary N) is 1. The first-order chi connectivity index (χ1) is 14.5. The Morgan fingerprint density at radius 2 is 2.17 bits per heavy atom. The summed E-state index contributed by atoms with van der Waals surface area (Å²) < 4.78 is 27.5. The van der Waals surface area contributed by atoms with Gasteiger partial charge in [0.15, 0.2) is 17.2 Å². The number of halogens is 1. The zero-order valence-corrected chi connectivity index (χ0v) is 16.2. The molecule has 3 aromatic heterocycles. The molecular formula is C20H19FN6O3. The first kappa shape index (κ1) is 17.4. The van der Waals surface area contributed by atoms with Crippen LogP contribution in [0.1, 0.15) is 35.7 Å². The van der Waals surface area contributed by atoms with E-state index >= 15 is 0 Å². The highest BCUT2D eigenvalue weighted by molar-refractivity contribution is 6.00. The Bertz CT molecular complexity index is 1170. The predicted molar refractivity (Wildman–Crippen MR) is 103 cm³/mol. The largest absolute Gasteiger partial charge is 0.486 e. The van der Waals surface area contributed by atoms with E-state index in [0.717, 1.165) is 6.20 Å². The van der Waals surface area contributed by atoms with Gasteiger partial charge in [0.25, 0.3) is 5.91 Å². The Kier molecular flexibility index (Phi) is 3.65. The lowest BCUT2D eigenvalue weighted by Gasteiger charge is -2.38. The van der Waals surface area contributed by atoms with Crippen LogP contribution in [0, 0.1) is 5.82 Å². The number of amides is 1. The topological polar surface area (TPSA) is 93.9 Å².